The largest absolute Gasteiger partial charge is 0.495 e. The van der Waals surface area contributed by atoms with Crippen LogP contribution in [0.1, 0.15) is 11.5 Å². The SMILES string of the molecule is COc1cc(NCc2ccc(C#N)o2)c(Br)cc1Br. The minimum absolute atomic E-state index is 0.309. The molecule has 1 aromatic carbocycles. The Kier molecular flexibility index (Phi) is 4.51. The third-order valence-corrected chi connectivity index (χ3v) is 3.74. The number of nitrogens with zero attached hydrogens (tertiary/aromatic N) is 1. The molecule has 1 heterocycles. The van der Waals surface area contributed by atoms with E-state index in [1.165, 1.54) is 0 Å². The van der Waals surface area contributed by atoms with Crippen molar-refractivity contribution in [3.8, 4) is 11.8 Å². The molecule has 0 radical (unpaired) electrons. The van der Waals surface area contributed by atoms with E-state index in [0.29, 0.717) is 18.1 Å². The summed E-state index contributed by atoms with van der Waals surface area (Å²) >= 11 is 6.88. The Balaban J connectivity index is 2.13. The average Bonchev–Trinajstić information content (AvgIpc) is 2.86. The molecular formula is C13H10Br2N2O2. The van der Waals surface area contributed by atoms with Gasteiger partial charge in [-0.1, -0.05) is 0 Å². The Morgan fingerprint density at radius 1 is 1.32 bits per heavy atom. The zero-order valence-corrected chi connectivity index (χ0v) is 13.2. The van der Waals surface area contributed by atoms with Gasteiger partial charge in [-0.25, -0.2) is 0 Å². The molecule has 0 bridgehead atoms. The normalized spacial score (nSPS) is 10.0. The first kappa shape index (κ1) is 14.0. The van der Waals surface area contributed by atoms with Crippen molar-refractivity contribution in [1.82, 2.24) is 0 Å². The average molecular weight is 386 g/mol. The van der Waals surface area contributed by atoms with Crippen LogP contribution in [0.3, 0.4) is 0 Å². The predicted octanol–water partition coefficient (Wildman–Crippen LogP) is 4.30. The van der Waals surface area contributed by atoms with Gasteiger partial charge in [-0.2, -0.15) is 5.26 Å². The van der Waals surface area contributed by atoms with Gasteiger partial charge >= 0.3 is 0 Å². The van der Waals surface area contributed by atoms with Crippen molar-refractivity contribution in [2.75, 3.05) is 12.4 Å². The van der Waals surface area contributed by atoms with Crippen molar-refractivity contribution in [3.05, 3.63) is 44.7 Å². The van der Waals surface area contributed by atoms with Gasteiger partial charge in [0, 0.05) is 10.5 Å². The second kappa shape index (κ2) is 6.13. The quantitative estimate of drug-likeness (QED) is 0.852. The number of rotatable bonds is 4. The number of anilines is 1. The number of nitriles is 1. The molecule has 0 spiro atoms. The molecule has 98 valence electrons. The summed E-state index contributed by atoms with van der Waals surface area (Å²) in [6.07, 6.45) is 0. The first-order chi connectivity index (χ1) is 9.13. The maximum absolute atomic E-state index is 8.69. The second-order valence-electron chi connectivity index (χ2n) is 3.70. The summed E-state index contributed by atoms with van der Waals surface area (Å²) in [5.74, 6) is 1.75. The number of hydrogen-bond acceptors (Lipinski definition) is 4. The molecule has 0 aliphatic heterocycles. The van der Waals surface area contributed by atoms with E-state index in [4.69, 9.17) is 14.4 Å². The molecule has 0 aliphatic rings. The van der Waals surface area contributed by atoms with Crippen LogP contribution in [-0.4, -0.2) is 7.11 Å². The molecule has 0 saturated carbocycles. The monoisotopic (exact) mass is 384 g/mol. The van der Waals surface area contributed by atoms with Crippen LogP contribution in [0.2, 0.25) is 0 Å². The molecule has 6 heteroatoms. The summed E-state index contributed by atoms with van der Waals surface area (Å²) in [5, 5.41) is 11.9. The van der Waals surface area contributed by atoms with E-state index in [1.54, 1.807) is 19.2 Å². The molecule has 0 unspecified atom stereocenters. The van der Waals surface area contributed by atoms with Crippen LogP contribution in [-0.2, 0) is 6.54 Å². The van der Waals surface area contributed by atoms with Crippen molar-refractivity contribution in [3.63, 3.8) is 0 Å². The number of hydrogen-bond donors (Lipinski definition) is 1. The van der Waals surface area contributed by atoms with Gasteiger partial charge in [-0.3, -0.25) is 0 Å². The third kappa shape index (κ3) is 3.31. The smallest absolute Gasteiger partial charge is 0.203 e. The molecule has 0 atom stereocenters. The van der Waals surface area contributed by atoms with E-state index in [-0.39, 0.29) is 0 Å². The number of ether oxygens (including phenoxy) is 1. The van der Waals surface area contributed by atoms with E-state index in [0.717, 1.165) is 20.4 Å². The number of furan rings is 1. The van der Waals surface area contributed by atoms with Gasteiger partial charge in [-0.15, -0.1) is 0 Å². The van der Waals surface area contributed by atoms with Crippen molar-refractivity contribution in [2.24, 2.45) is 0 Å². The van der Waals surface area contributed by atoms with Crippen LogP contribution in [0.4, 0.5) is 5.69 Å². The van der Waals surface area contributed by atoms with Crippen LogP contribution in [0, 0.1) is 11.3 Å². The molecular weight excluding hydrogens is 376 g/mol. The van der Waals surface area contributed by atoms with Crippen LogP contribution in [0.5, 0.6) is 5.75 Å². The molecule has 0 aliphatic carbocycles. The lowest BCUT2D eigenvalue weighted by Gasteiger charge is -2.10. The molecule has 2 aromatic rings. The van der Waals surface area contributed by atoms with E-state index in [2.05, 4.69) is 37.2 Å². The highest BCUT2D eigenvalue weighted by atomic mass is 79.9. The fourth-order valence-electron chi connectivity index (χ4n) is 1.54. The number of benzene rings is 1. The highest BCUT2D eigenvalue weighted by molar-refractivity contribution is 9.11. The van der Waals surface area contributed by atoms with Gasteiger partial charge in [0.05, 0.1) is 23.8 Å². The lowest BCUT2D eigenvalue weighted by Crippen LogP contribution is -1.99. The van der Waals surface area contributed by atoms with Crippen molar-refractivity contribution in [1.29, 1.82) is 5.26 Å². The second-order valence-corrected chi connectivity index (χ2v) is 5.41. The zero-order valence-electron chi connectivity index (χ0n) is 10.0. The summed E-state index contributed by atoms with van der Waals surface area (Å²) in [4.78, 5) is 0. The molecule has 19 heavy (non-hydrogen) atoms. The van der Waals surface area contributed by atoms with Crippen LogP contribution < -0.4 is 10.1 Å². The van der Waals surface area contributed by atoms with Crippen LogP contribution in [0.25, 0.3) is 0 Å². The van der Waals surface area contributed by atoms with Crippen LogP contribution in [0.15, 0.2) is 37.6 Å². The predicted molar refractivity (Wildman–Crippen MR) is 79.1 cm³/mol. The van der Waals surface area contributed by atoms with Gasteiger partial charge in [0.2, 0.25) is 5.76 Å². The zero-order chi connectivity index (χ0) is 13.8. The summed E-state index contributed by atoms with van der Waals surface area (Å²) in [6.45, 7) is 0.491. The van der Waals surface area contributed by atoms with E-state index in [9.17, 15) is 0 Å². The van der Waals surface area contributed by atoms with Gasteiger partial charge in [0.25, 0.3) is 0 Å². The van der Waals surface area contributed by atoms with E-state index in [1.807, 2.05) is 18.2 Å². The summed E-state index contributed by atoms with van der Waals surface area (Å²) < 4.78 is 12.3. The lowest BCUT2D eigenvalue weighted by molar-refractivity contribution is 0.412. The van der Waals surface area contributed by atoms with Crippen molar-refractivity contribution < 1.29 is 9.15 Å². The van der Waals surface area contributed by atoms with Crippen LogP contribution >= 0.6 is 31.9 Å². The summed E-state index contributed by atoms with van der Waals surface area (Å²) in [7, 11) is 1.61. The fraction of sp³-hybridized carbons (Fsp3) is 0.154. The van der Waals surface area contributed by atoms with Gasteiger partial charge in [0.1, 0.15) is 17.6 Å². The third-order valence-electron chi connectivity index (χ3n) is 2.47. The Labute approximate surface area is 127 Å². The molecule has 0 saturated heterocycles. The fourth-order valence-corrected chi connectivity index (χ4v) is 2.83. The Morgan fingerprint density at radius 3 is 2.74 bits per heavy atom. The number of nitrogens with one attached hydrogen (secondary N) is 1. The lowest BCUT2D eigenvalue weighted by atomic mass is 10.3. The minimum atomic E-state index is 0.309. The molecule has 2 rings (SSSR count). The van der Waals surface area contributed by atoms with E-state index < -0.39 is 0 Å². The molecule has 1 aromatic heterocycles. The first-order valence-electron chi connectivity index (χ1n) is 5.39. The van der Waals surface area contributed by atoms with Gasteiger partial charge < -0.3 is 14.5 Å². The van der Waals surface area contributed by atoms with Crippen molar-refractivity contribution >= 4 is 37.5 Å². The van der Waals surface area contributed by atoms with E-state index >= 15 is 0 Å². The maximum atomic E-state index is 8.69. The van der Waals surface area contributed by atoms with Gasteiger partial charge in [0.15, 0.2) is 0 Å². The summed E-state index contributed by atoms with van der Waals surface area (Å²) in [5.41, 5.74) is 0.884. The Hall–Kier alpha value is -1.45. The number of halogens is 2. The topological polar surface area (TPSA) is 58.2 Å². The molecule has 0 fully saturated rings. The standard InChI is InChI=1S/C13H10Br2N2O2/c1-18-13-5-12(10(14)4-11(13)15)17-7-9-3-2-8(6-16)19-9/h2-5,17H,7H2,1H3. The highest BCUT2D eigenvalue weighted by Crippen LogP contribution is 2.34. The Morgan fingerprint density at radius 2 is 2.11 bits per heavy atom. The molecule has 1 N–H and O–H groups in total. The Bertz CT molecular complexity index is 632. The summed E-state index contributed by atoms with van der Waals surface area (Å²) in [6, 6.07) is 9.16. The minimum Gasteiger partial charge on any atom is -0.495 e. The molecule has 4 nitrogen and oxygen atoms in total. The van der Waals surface area contributed by atoms with Gasteiger partial charge in [-0.05, 0) is 50.1 Å². The maximum Gasteiger partial charge on any atom is 0.203 e. The van der Waals surface area contributed by atoms with Crippen molar-refractivity contribution in [2.45, 2.75) is 6.54 Å². The molecule has 0 amide bonds. The number of methoxy groups -OCH3 is 1. The first-order valence-corrected chi connectivity index (χ1v) is 6.98. The highest BCUT2D eigenvalue weighted by Gasteiger charge is 2.08.